The maximum atomic E-state index is 11.1. The largest absolute Gasteiger partial charge is 0.477 e. The van der Waals surface area contributed by atoms with E-state index in [1.165, 1.54) is 6.20 Å². The first-order valence-electron chi connectivity index (χ1n) is 5.97. The highest BCUT2D eigenvalue weighted by Crippen LogP contribution is 2.18. The first kappa shape index (κ1) is 12.9. The summed E-state index contributed by atoms with van der Waals surface area (Å²) in [6.07, 6.45) is 5.49. The van der Waals surface area contributed by atoms with Gasteiger partial charge in [0.05, 0.1) is 0 Å². The SMILES string of the molecule is CCCNc1nc(-c2cccnc2)ncc1C(=O)O. The van der Waals surface area contributed by atoms with Gasteiger partial charge in [0, 0.05) is 30.7 Å². The van der Waals surface area contributed by atoms with Gasteiger partial charge in [0.1, 0.15) is 11.4 Å². The van der Waals surface area contributed by atoms with Gasteiger partial charge in [0.2, 0.25) is 0 Å². The monoisotopic (exact) mass is 258 g/mol. The molecule has 0 bridgehead atoms. The minimum absolute atomic E-state index is 0.0705. The number of nitrogens with one attached hydrogen (secondary N) is 1. The van der Waals surface area contributed by atoms with Gasteiger partial charge in [-0.3, -0.25) is 4.98 Å². The molecule has 0 aliphatic carbocycles. The van der Waals surface area contributed by atoms with Gasteiger partial charge < -0.3 is 10.4 Å². The number of rotatable bonds is 5. The molecule has 19 heavy (non-hydrogen) atoms. The van der Waals surface area contributed by atoms with Crippen LogP contribution in [0.5, 0.6) is 0 Å². The molecule has 2 aromatic heterocycles. The summed E-state index contributed by atoms with van der Waals surface area (Å²) in [6.45, 7) is 2.65. The Morgan fingerprint density at radius 2 is 2.26 bits per heavy atom. The molecule has 0 aliphatic heterocycles. The van der Waals surface area contributed by atoms with Crippen LogP contribution in [0.2, 0.25) is 0 Å². The normalized spacial score (nSPS) is 10.2. The fraction of sp³-hybridized carbons (Fsp3) is 0.231. The number of carboxylic acid groups (broad SMARTS) is 1. The van der Waals surface area contributed by atoms with E-state index in [-0.39, 0.29) is 5.56 Å². The fourth-order valence-electron chi connectivity index (χ4n) is 1.55. The lowest BCUT2D eigenvalue weighted by Crippen LogP contribution is -2.10. The smallest absolute Gasteiger partial charge is 0.341 e. The Morgan fingerprint density at radius 3 is 2.89 bits per heavy atom. The van der Waals surface area contributed by atoms with Crippen molar-refractivity contribution in [2.24, 2.45) is 0 Å². The summed E-state index contributed by atoms with van der Waals surface area (Å²) >= 11 is 0. The number of aromatic carboxylic acids is 1. The number of hydrogen-bond acceptors (Lipinski definition) is 5. The van der Waals surface area contributed by atoms with Crippen LogP contribution in [0, 0.1) is 0 Å². The van der Waals surface area contributed by atoms with Gasteiger partial charge in [0.15, 0.2) is 5.82 Å². The third-order valence-electron chi connectivity index (χ3n) is 2.48. The van der Waals surface area contributed by atoms with E-state index in [9.17, 15) is 4.79 Å². The van der Waals surface area contributed by atoms with Gasteiger partial charge in [-0.25, -0.2) is 14.8 Å². The molecule has 2 N–H and O–H groups in total. The molecule has 0 saturated carbocycles. The van der Waals surface area contributed by atoms with Gasteiger partial charge in [-0.1, -0.05) is 6.92 Å². The molecule has 0 unspecified atom stereocenters. The summed E-state index contributed by atoms with van der Waals surface area (Å²) in [5.41, 5.74) is 0.820. The standard InChI is InChI=1S/C13H14N4O2/c1-2-5-15-12-10(13(18)19)8-16-11(17-12)9-4-3-6-14-7-9/h3-4,6-8H,2,5H2,1H3,(H,18,19)(H,15,16,17). The Morgan fingerprint density at radius 1 is 1.42 bits per heavy atom. The molecule has 0 atom stereocenters. The molecule has 2 rings (SSSR count). The summed E-state index contributed by atoms with van der Waals surface area (Å²) in [5, 5.41) is 12.1. The maximum absolute atomic E-state index is 11.1. The van der Waals surface area contributed by atoms with E-state index in [0.29, 0.717) is 18.2 Å². The number of carboxylic acids is 1. The second-order valence-corrected chi connectivity index (χ2v) is 3.93. The van der Waals surface area contributed by atoms with E-state index < -0.39 is 5.97 Å². The molecule has 6 heteroatoms. The van der Waals surface area contributed by atoms with E-state index in [1.807, 2.05) is 13.0 Å². The number of pyridine rings is 1. The molecular formula is C13H14N4O2. The number of anilines is 1. The fourth-order valence-corrected chi connectivity index (χ4v) is 1.55. The van der Waals surface area contributed by atoms with Crippen LogP contribution in [0.25, 0.3) is 11.4 Å². The Labute approximate surface area is 110 Å². The molecule has 0 fully saturated rings. The quantitative estimate of drug-likeness (QED) is 0.853. The Hall–Kier alpha value is -2.50. The molecule has 2 aromatic rings. The van der Waals surface area contributed by atoms with Crippen LogP contribution in [-0.2, 0) is 0 Å². The van der Waals surface area contributed by atoms with Gasteiger partial charge in [0.25, 0.3) is 0 Å². The Bertz CT molecular complexity index is 572. The number of aromatic nitrogens is 3. The predicted octanol–water partition coefficient (Wildman–Crippen LogP) is 2.06. The highest BCUT2D eigenvalue weighted by Gasteiger charge is 2.13. The molecule has 0 saturated heterocycles. The van der Waals surface area contributed by atoms with Crippen molar-refractivity contribution < 1.29 is 9.90 Å². The van der Waals surface area contributed by atoms with E-state index in [2.05, 4.69) is 20.3 Å². The van der Waals surface area contributed by atoms with Crippen molar-refractivity contribution in [3.05, 3.63) is 36.3 Å². The molecule has 6 nitrogen and oxygen atoms in total. The minimum Gasteiger partial charge on any atom is -0.477 e. The molecule has 0 amide bonds. The third-order valence-corrected chi connectivity index (χ3v) is 2.48. The van der Waals surface area contributed by atoms with E-state index in [1.54, 1.807) is 18.5 Å². The summed E-state index contributed by atoms with van der Waals surface area (Å²) in [7, 11) is 0. The van der Waals surface area contributed by atoms with Crippen LogP contribution in [0.4, 0.5) is 5.82 Å². The minimum atomic E-state index is -1.05. The predicted molar refractivity (Wildman–Crippen MR) is 71.0 cm³/mol. The lowest BCUT2D eigenvalue weighted by Gasteiger charge is -2.08. The van der Waals surface area contributed by atoms with Crippen molar-refractivity contribution in [3.8, 4) is 11.4 Å². The van der Waals surface area contributed by atoms with Gasteiger partial charge in [-0.15, -0.1) is 0 Å². The zero-order valence-corrected chi connectivity index (χ0v) is 10.5. The summed E-state index contributed by atoms with van der Waals surface area (Å²) < 4.78 is 0. The average molecular weight is 258 g/mol. The van der Waals surface area contributed by atoms with Crippen molar-refractivity contribution in [2.45, 2.75) is 13.3 Å². The summed E-state index contributed by atoms with van der Waals surface area (Å²) in [6, 6.07) is 3.61. The topological polar surface area (TPSA) is 88.0 Å². The van der Waals surface area contributed by atoms with Crippen molar-refractivity contribution >= 4 is 11.8 Å². The lowest BCUT2D eigenvalue weighted by molar-refractivity contribution is 0.0697. The highest BCUT2D eigenvalue weighted by molar-refractivity contribution is 5.93. The Balaban J connectivity index is 2.40. The van der Waals surface area contributed by atoms with Crippen LogP contribution in [0.15, 0.2) is 30.7 Å². The molecule has 2 heterocycles. The van der Waals surface area contributed by atoms with Crippen LogP contribution < -0.4 is 5.32 Å². The van der Waals surface area contributed by atoms with Crippen LogP contribution >= 0.6 is 0 Å². The molecule has 0 spiro atoms. The van der Waals surface area contributed by atoms with Crippen molar-refractivity contribution in [3.63, 3.8) is 0 Å². The number of carbonyl (C=O) groups is 1. The first-order chi connectivity index (χ1) is 9.22. The van der Waals surface area contributed by atoms with Crippen molar-refractivity contribution in [1.82, 2.24) is 15.0 Å². The Kier molecular flexibility index (Phi) is 4.02. The van der Waals surface area contributed by atoms with Crippen LogP contribution in [-0.4, -0.2) is 32.6 Å². The molecule has 0 aliphatic rings. The molecule has 0 aromatic carbocycles. The average Bonchev–Trinajstić information content (AvgIpc) is 2.45. The van der Waals surface area contributed by atoms with Gasteiger partial charge in [-0.05, 0) is 18.6 Å². The third kappa shape index (κ3) is 3.04. The molecular weight excluding hydrogens is 244 g/mol. The lowest BCUT2D eigenvalue weighted by atomic mass is 10.2. The first-order valence-corrected chi connectivity index (χ1v) is 5.97. The number of nitrogens with zero attached hydrogens (tertiary/aromatic N) is 3. The summed E-state index contributed by atoms with van der Waals surface area (Å²) in [5.74, 6) is -0.253. The molecule has 98 valence electrons. The van der Waals surface area contributed by atoms with Gasteiger partial charge in [-0.2, -0.15) is 0 Å². The second kappa shape index (κ2) is 5.90. The summed E-state index contributed by atoms with van der Waals surface area (Å²) in [4.78, 5) is 23.4. The van der Waals surface area contributed by atoms with E-state index >= 15 is 0 Å². The van der Waals surface area contributed by atoms with Crippen LogP contribution in [0.1, 0.15) is 23.7 Å². The molecule has 0 radical (unpaired) electrons. The van der Waals surface area contributed by atoms with Crippen molar-refractivity contribution in [1.29, 1.82) is 0 Å². The highest BCUT2D eigenvalue weighted by atomic mass is 16.4. The number of hydrogen-bond donors (Lipinski definition) is 2. The maximum Gasteiger partial charge on any atom is 0.341 e. The zero-order valence-electron chi connectivity index (χ0n) is 10.5. The van der Waals surface area contributed by atoms with E-state index in [0.717, 1.165) is 12.0 Å². The van der Waals surface area contributed by atoms with E-state index in [4.69, 9.17) is 5.11 Å². The van der Waals surface area contributed by atoms with Crippen LogP contribution in [0.3, 0.4) is 0 Å². The zero-order chi connectivity index (χ0) is 13.7. The van der Waals surface area contributed by atoms with Crippen molar-refractivity contribution in [2.75, 3.05) is 11.9 Å². The van der Waals surface area contributed by atoms with Gasteiger partial charge >= 0.3 is 5.97 Å². The second-order valence-electron chi connectivity index (χ2n) is 3.93.